The van der Waals surface area contributed by atoms with E-state index in [2.05, 4.69) is 10.4 Å². The van der Waals surface area contributed by atoms with Crippen molar-refractivity contribution in [1.29, 1.82) is 0 Å². The number of rotatable bonds is 2. The molecule has 5 N–H and O–H groups in total. The van der Waals surface area contributed by atoms with Gasteiger partial charge in [-0.2, -0.15) is 0 Å². The van der Waals surface area contributed by atoms with E-state index >= 15 is 0 Å². The lowest BCUT2D eigenvalue weighted by Gasteiger charge is -2.02. The summed E-state index contributed by atoms with van der Waals surface area (Å²) in [7, 11) is 0. The number of hydrazine groups is 1. The maximum absolute atomic E-state index is 5.67. The van der Waals surface area contributed by atoms with E-state index in [1.54, 1.807) is 6.07 Å². The highest BCUT2D eigenvalue weighted by Gasteiger charge is 1.99. The Hall–Kier alpha value is -0.840. The molecule has 11 heavy (non-hydrogen) atoms. The van der Waals surface area contributed by atoms with E-state index in [1.807, 2.05) is 0 Å². The molecular weight excluding hydrogens is 164 g/mol. The number of nitrogens with zero attached hydrogens (tertiary/aromatic N) is 1. The lowest BCUT2D eigenvalue weighted by molar-refractivity contribution is 0.740. The van der Waals surface area contributed by atoms with E-state index in [1.165, 1.54) is 6.20 Å². The van der Waals surface area contributed by atoms with Gasteiger partial charge in [0.05, 0.1) is 5.02 Å². The summed E-state index contributed by atoms with van der Waals surface area (Å²) in [6, 6.07) is 1.73. The molecule has 4 nitrogen and oxygen atoms in total. The molecule has 0 aliphatic rings. The number of hydrogen-bond donors (Lipinski definition) is 3. The fraction of sp³-hybridized carbons (Fsp3) is 0.167. The smallest absolute Gasteiger partial charge is 0.127 e. The molecule has 0 aliphatic carbocycles. The van der Waals surface area contributed by atoms with Gasteiger partial charge in [0, 0.05) is 18.3 Å². The predicted octanol–water partition coefficient (Wildman–Crippen LogP) is 0.280. The minimum atomic E-state index is 0.451. The van der Waals surface area contributed by atoms with Crippen LogP contribution >= 0.6 is 11.6 Å². The van der Waals surface area contributed by atoms with Gasteiger partial charge in [-0.05, 0) is 6.07 Å². The zero-order chi connectivity index (χ0) is 8.27. The highest BCUT2D eigenvalue weighted by molar-refractivity contribution is 6.30. The number of halogens is 1. The SMILES string of the molecule is NNCc1cc(Cl)cnc1N. The van der Waals surface area contributed by atoms with Crippen LogP contribution in [-0.2, 0) is 6.54 Å². The van der Waals surface area contributed by atoms with Crippen molar-refractivity contribution in [2.45, 2.75) is 6.54 Å². The third-order valence-electron chi connectivity index (χ3n) is 1.26. The van der Waals surface area contributed by atoms with Gasteiger partial charge >= 0.3 is 0 Å². The molecule has 1 rings (SSSR count). The Morgan fingerprint density at radius 3 is 3.00 bits per heavy atom. The molecule has 1 heterocycles. The van der Waals surface area contributed by atoms with Gasteiger partial charge in [-0.25, -0.2) is 4.98 Å². The summed E-state index contributed by atoms with van der Waals surface area (Å²) >= 11 is 5.67. The molecule has 0 saturated carbocycles. The van der Waals surface area contributed by atoms with Gasteiger partial charge in [0.15, 0.2) is 0 Å². The van der Waals surface area contributed by atoms with Crippen molar-refractivity contribution in [2.24, 2.45) is 5.84 Å². The molecule has 1 aromatic heterocycles. The maximum Gasteiger partial charge on any atom is 0.127 e. The monoisotopic (exact) mass is 172 g/mol. The summed E-state index contributed by atoms with van der Waals surface area (Å²) in [5.41, 5.74) is 8.79. The van der Waals surface area contributed by atoms with Crippen LogP contribution in [-0.4, -0.2) is 4.98 Å². The van der Waals surface area contributed by atoms with Gasteiger partial charge in [-0.1, -0.05) is 11.6 Å². The lowest BCUT2D eigenvalue weighted by atomic mass is 10.2. The quantitative estimate of drug-likeness (QED) is 0.443. The third-order valence-corrected chi connectivity index (χ3v) is 1.47. The van der Waals surface area contributed by atoms with Crippen LogP contribution in [0.3, 0.4) is 0 Å². The van der Waals surface area contributed by atoms with Crippen LogP contribution in [0, 0.1) is 0 Å². The van der Waals surface area contributed by atoms with Gasteiger partial charge in [-0.15, -0.1) is 0 Å². The topological polar surface area (TPSA) is 77.0 Å². The number of pyridine rings is 1. The first-order valence-corrected chi connectivity index (χ1v) is 3.45. The zero-order valence-corrected chi connectivity index (χ0v) is 6.60. The van der Waals surface area contributed by atoms with Crippen LogP contribution in [0.5, 0.6) is 0 Å². The molecule has 60 valence electrons. The molecule has 0 aliphatic heterocycles. The first-order chi connectivity index (χ1) is 5.24. The first-order valence-electron chi connectivity index (χ1n) is 3.07. The minimum Gasteiger partial charge on any atom is -0.383 e. The summed E-state index contributed by atoms with van der Waals surface area (Å²) in [6.07, 6.45) is 1.50. The van der Waals surface area contributed by atoms with Crippen molar-refractivity contribution in [3.63, 3.8) is 0 Å². The average Bonchev–Trinajstić information content (AvgIpc) is 1.98. The van der Waals surface area contributed by atoms with Crippen molar-refractivity contribution in [2.75, 3.05) is 5.73 Å². The Kier molecular flexibility index (Phi) is 2.64. The normalized spacial score (nSPS) is 10.0. The van der Waals surface area contributed by atoms with E-state index in [0.717, 1.165) is 5.56 Å². The van der Waals surface area contributed by atoms with E-state index in [9.17, 15) is 0 Å². The van der Waals surface area contributed by atoms with Crippen LogP contribution in [0.15, 0.2) is 12.3 Å². The molecular formula is C6H9ClN4. The summed E-state index contributed by atoms with van der Waals surface area (Å²) in [4.78, 5) is 3.85. The third kappa shape index (κ3) is 2.04. The number of anilines is 1. The number of nitrogens with one attached hydrogen (secondary N) is 1. The number of nitrogens with two attached hydrogens (primary N) is 2. The summed E-state index contributed by atoms with van der Waals surface area (Å²) in [5, 5.41) is 0.560. The van der Waals surface area contributed by atoms with Crippen molar-refractivity contribution in [3.8, 4) is 0 Å². The zero-order valence-electron chi connectivity index (χ0n) is 5.84. The molecule has 0 spiro atoms. The van der Waals surface area contributed by atoms with Gasteiger partial charge in [-0.3, -0.25) is 11.3 Å². The molecule has 0 saturated heterocycles. The highest BCUT2D eigenvalue weighted by atomic mass is 35.5. The second-order valence-electron chi connectivity index (χ2n) is 2.08. The highest BCUT2D eigenvalue weighted by Crippen LogP contribution is 2.13. The van der Waals surface area contributed by atoms with E-state index < -0.39 is 0 Å². The predicted molar refractivity (Wildman–Crippen MR) is 44.7 cm³/mol. The number of aromatic nitrogens is 1. The lowest BCUT2D eigenvalue weighted by Crippen LogP contribution is -2.21. The molecule has 0 fully saturated rings. The van der Waals surface area contributed by atoms with Crippen LogP contribution in [0.4, 0.5) is 5.82 Å². The second-order valence-corrected chi connectivity index (χ2v) is 2.52. The van der Waals surface area contributed by atoms with Crippen LogP contribution in [0.2, 0.25) is 5.02 Å². The first kappa shape index (κ1) is 8.26. The Bertz CT molecular complexity index is 250. The molecule has 0 aromatic carbocycles. The van der Waals surface area contributed by atoms with E-state index in [-0.39, 0.29) is 0 Å². The van der Waals surface area contributed by atoms with Gasteiger partial charge < -0.3 is 5.73 Å². The number of hydrogen-bond acceptors (Lipinski definition) is 4. The number of nitrogen functional groups attached to an aromatic ring is 1. The van der Waals surface area contributed by atoms with Gasteiger partial charge in [0.2, 0.25) is 0 Å². The van der Waals surface area contributed by atoms with E-state index in [4.69, 9.17) is 23.2 Å². The molecule has 1 aromatic rings. The molecule has 0 radical (unpaired) electrons. The summed E-state index contributed by atoms with van der Waals surface area (Å²) < 4.78 is 0. The molecule has 0 atom stereocenters. The molecule has 0 bridgehead atoms. The van der Waals surface area contributed by atoms with E-state index in [0.29, 0.717) is 17.4 Å². The fourth-order valence-corrected chi connectivity index (χ4v) is 0.924. The molecule has 0 amide bonds. The van der Waals surface area contributed by atoms with Gasteiger partial charge in [0.25, 0.3) is 0 Å². The Morgan fingerprint density at radius 2 is 2.36 bits per heavy atom. The summed E-state index contributed by atoms with van der Waals surface area (Å²) in [5.74, 6) is 5.55. The maximum atomic E-state index is 5.67. The molecule has 0 unspecified atom stereocenters. The van der Waals surface area contributed by atoms with Crippen molar-refractivity contribution in [3.05, 3.63) is 22.8 Å². The summed E-state index contributed by atoms with van der Waals surface area (Å²) in [6.45, 7) is 0.472. The van der Waals surface area contributed by atoms with Crippen molar-refractivity contribution >= 4 is 17.4 Å². The standard InChI is InChI=1S/C6H9ClN4/c7-5-1-4(2-11-9)6(8)10-3-5/h1,3,11H,2,9H2,(H2,8,10). The van der Waals surface area contributed by atoms with Crippen LogP contribution < -0.4 is 17.0 Å². The Morgan fingerprint density at radius 1 is 1.64 bits per heavy atom. The van der Waals surface area contributed by atoms with Crippen LogP contribution in [0.1, 0.15) is 5.56 Å². The largest absolute Gasteiger partial charge is 0.383 e. The van der Waals surface area contributed by atoms with Crippen molar-refractivity contribution in [1.82, 2.24) is 10.4 Å². The fourth-order valence-electron chi connectivity index (χ4n) is 0.743. The van der Waals surface area contributed by atoms with Crippen molar-refractivity contribution < 1.29 is 0 Å². The second kappa shape index (κ2) is 3.52. The average molecular weight is 173 g/mol. The Labute approximate surface area is 69.5 Å². The minimum absolute atomic E-state index is 0.451. The Balaban J connectivity index is 2.93. The van der Waals surface area contributed by atoms with Crippen LogP contribution in [0.25, 0.3) is 0 Å². The molecule has 5 heteroatoms. The van der Waals surface area contributed by atoms with Gasteiger partial charge in [0.1, 0.15) is 5.82 Å².